The number of ether oxygens (including phenoxy) is 2. The van der Waals surface area contributed by atoms with E-state index in [0.29, 0.717) is 22.9 Å². The maximum Gasteiger partial charge on any atom is 0.351 e. The molecule has 0 radical (unpaired) electrons. The molecule has 6 heteroatoms. The molecule has 2 rings (SSSR count). The van der Waals surface area contributed by atoms with Crippen molar-refractivity contribution in [1.82, 2.24) is 4.98 Å². The van der Waals surface area contributed by atoms with Gasteiger partial charge in [0.05, 0.1) is 17.8 Å². The number of aromatic nitrogens is 1. The Balaban J connectivity index is 2.07. The molecule has 1 aromatic rings. The third kappa shape index (κ3) is 4.79. The van der Waals surface area contributed by atoms with Gasteiger partial charge in [0.25, 0.3) is 0 Å². The Kier molecular flexibility index (Phi) is 7.21. The van der Waals surface area contributed by atoms with E-state index in [-0.39, 0.29) is 0 Å². The Hall–Kier alpha value is -1.43. The van der Waals surface area contributed by atoms with Crippen molar-refractivity contribution in [2.45, 2.75) is 77.2 Å². The molecule has 0 spiro atoms. The summed E-state index contributed by atoms with van der Waals surface area (Å²) in [5.74, 6) is -0.495. The predicted octanol–water partition coefficient (Wildman–Crippen LogP) is 4.39. The standard InChI is InChI=1S/C18H27NO4S/c1-4-5-11-14(17(20)22-3)23-18(21)15-12(2)19-16(24-15)13-9-7-6-8-10-13/h13-14H,4-11H2,1-3H3. The predicted molar refractivity (Wildman–Crippen MR) is 93.4 cm³/mol. The molecule has 1 saturated carbocycles. The number of esters is 2. The molecule has 1 aliphatic carbocycles. The van der Waals surface area contributed by atoms with Gasteiger partial charge in [0.2, 0.25) is 0 Å². The number of methoxy groups -OCH3 is 1. The van der Waals surface area contributed by atoms with Crippen LogP contribution in [0, 0.1) is 6.92 Å². The van der Waals surface area contributed by atoms with Crippen molar-refractivity contribution >= 4 is 23.3 Å². The zero-order valence-electron chi connectivity index (χ0n) is 14.8. The van der Waals surface area contributed by atoms with Crippen molar-refractivity contribution in [1.29, 1.82) is 0 Å². The second kappa shape index (κ2) is 9.16. The molecule has 1 unspecified atom stereocenters. The number of unbranched alkanes of at least 4 members (excludes halogenated alkanes) is 1. The molecule has 1 atom stereocenters. The molecule has 134 valence electrons. The van der Waals surface area contributed by atoms with Gasteiger partial charge in [-0.3, -0.25) is 0 Å². The summed E-state index contributed by atoms with van der Waals surface area (Å²) in [6.45, 7) is 3.86. The molecule has 1 aliphatic rings. The molecular weight excluding hydrogens is 326 g/mol. The molecule has 0 saturated heterocycles. The number of nitrogens with zero attached hydrogens (tertiary/aromatic N) is 1. The normalized spacial score (nSPS) is 16.6. The fourth-order valence-corrected chi connectivity index (χ4v) is 4.18. The quantitative estimate of drug-likeness (QED) is 0.680. The Morgan fingerprint density at radius 1 is 1.29 bits per heavy atom. The van der Waals surface area contributed by atoms with E-state index in [9.17, 15) is 9.59 Å². The van der Waals surface area contributed by atoms with Crippen LogP contribution in [0.3, 0.4) is 0 Å². The second-order valence-corrected chi connectivity index (χ2v) is 7.39. The number of thiazole rings is 1. The minimum Gasteiger partial charge on any atom is -0.466 e. The highest BCUT2D eigenvalue weighted by molar-refractivity contribution is 7.13. The molecule has 1 heterocycles. The number of rotatable bonds is 7. The van der Waals surface area contributed by atoms with Crippen molar-refractivity contribution in [2.24, 2.45) is 0 Å². The largest absolute Gasteiger partial charge is 0.466 e. The first-order valence-corrected chi connectivity index (χ1v) is 9.64. The third-order valence-corrected chi connectivity index (χ3v) is 5.79. The van der Waals surface area contributed by atoms with Crippen molar-refractivity contribution in [2.75, 3.05) is 7.11 Å². The topological polar surface area (TPSA) is 65.5 Å². The monoisotopic (exact) mass is 353 g/mol. The van der Waals surface area contributed by atoms with Crippen LogP contribution in [-0.2, 0) is 14.3 Å². The van der Waals surface area contributed by atoms with Gasteiger partial charge in [-0.05, 0) is 32.6 Å². The van der Waals surface area contributed by atoms with E-state index in [1.807, 2.05) is 13.8 Å². The minimum atomic E-state index is -0.831. The van der Waals surface area contributed by atoms with Gasteiger partial charge in [-0.2, -0.15) is 0 Å². The van der Waals surface area contributed by atoms with Crippen LogP contribution in [0.4, 0.5) is 0 Å². The molecule has 0 aliphatic heterocycles. The SMILES string of the molecule is CCCCC(OC(=O)c1sc(C2CCCCC2)nc1C)C(=O)OC. The molecule has 1 fully saturated rings. The Bertz CT molecular complexity index is 563. The lowest BCUT2D eigenvalue weighted by Crippen LogP contribution is -2.28. The lowest BCUT2D eigenvalue weighted by Gasteiger charge is -2.18. The van der Waals surface area contributed by atoms with Gasteiger partial charge in [0, 0.05) is 5.92 Å². The highest BCUT2D eigenvalue weighted by Gasteiger charge is 2.28. The maximum absolute atomic E-state index is 12.5. The highest BCUT2D eigenvalue weighted by Crippen LogP contribution is 2.36. The van der Waals surface area contributed by atoms with E-state index < -0.39 is 18.0 Å². The van der Waals surface area contributed by atoms with Crippen molar-refractivity contribution in [3.05, 3.63) is 15.6 Å². The molecule has 0 bridgehead atoms. The summed E-state index contributed by atoms with van der Waals surface area (Å²) < 4.78 is 10.2. The van der Waals surface area contributed by atoms with Crippen molar-refractivity contribution in [3.8, 4) is 0 Å². The average molecular weight is 353 g/mol. The summed E-state index contributed by atoms with van der Waals surface area (Å²) in [6.07, 6.45) is 7.41. The van der Waals surface area contributed by atoms with Gasteiger partial charge >= 0.3 is 11.9 Å². The average Bonchev–Trinajstić information content (AvgIpc) is 3.00. The van der Waals surface area contributed by atoms with Crippen LogP contribution in [0.5, 0.6) is 0 Å². The first-order valence-electron chi connectivity index (χ1n) is 8.83. The zero-order valence-corrected chi connectivity index (χ0v) is 15.6. The van der Waals surface area contributed by atoms with Crippen LogP contribution in [0.1, 0.15) is 84.6 Å². The summed E-state index contributed by atoms with van der Waals surface area (Å²) in [6, 6.07) is 0. The fraction of sp³-hybridized carbons (Fsp3) is 0.722. The maximum atomic E-state index is 12.5. The molecule has 24 heavy (non-hydrogen) atoms. The number of hydrogen-bond donors (Lipinski definition) is 0. The highest BCUT2D eigenvalue weighted by atomic mass is 32.1. The summed E-state index contributed by atoms with van der Waals surface area (Å²) in [4.78, 5) is 29.4. The van der Waals surface area contributed by atoms with Crippen molar-refractivity contribution < 1.29 is 19.1 Å². The summed E-state index contributed by atoms with van der Waals surface area (Å²) in [5.41, 5.74) is 0.699. The fourth-order valence-electron chi connectivity index (χ4n) is 3.06. The third-order valence-electron chi connectivity index (χ3n) is 4.49. The second-order valence-electron chi connectivity index (χ2n) is 6.36. The van der Waals surface area contributed by atoms with Crippen LogP contribution in [-0.4, -0.2) is 30.1 Å². The van der Waals surface area contributed by atoms with Gasteiger partial charge in [-0.15, -0.1) is 11.3 Å². The van der Waals surface area contributed by atoms with E-state index in [2.05, 4.69) is 4.98 Å². The Morgan fingerprint density at radius 3 is 2.62 bits per heavy atom. The van der Waals surface area contributed by atoms with Gasteiger partial charge in [-0.1, -0.05) is 32.6 Å². The van der Waals surface area contributed by atoms with Crippen LogP contribution in [0.2, 0.25) is 0 Å². The van der Waals surface area contributed by atoms with Gasteiger partial charge < -0.3 is 9.47 Å². The van der Waals surface area contributed by atoms with Gasteiger partial charge in [-0.25, -0.2) is 14.6 Å². The summed E-state index contributed by atoms with van der Waals surface area (Å²) >= 11 is 1.42. The van der Waals surface area contributed by atoms with Crippen LogP contribution in [0.15, 0.2) is 0 Å². The summed E-state index contributed by atoms with van der Waals surface area (Å²) in [7, 11) is 1.31. The van der Waals surface area contributed by atoms with E-state index in [4.69, 9.17) is 9.47 Å². The van der Waals surface area contributed by atoms with Gasteiger partial charge in [0.15, 0.2) is 6.10 Å². The van der Waals surface area contributed by atoms with Crippen LogP contribution >= 0.6 is 11.3 Å². The summed E-state index contributed by atoms with van der Waals surface area (Å²) in [5, 5.41) is 1.03. The number of hydrogen-bond acceptors (Lipinski definition) is 6. The zero-order chi connectivity index (χ0) is 17.5. The van der Waals surface area contributed by atoms with E-state index in [1.165, 1.54) is 37.7 Å². The van der Waals surface area contributed by atoms with Crippen LogP contribution in [0.25, 0.3) is 0 Å². The lowest BCUT2D eigenvalue weighted by atomic mass is 9.90. The van der Waals surface area contributed by atoms with Crippen LogP contribution < -0.4 is 0 Å². The lowest BCUT2D eigenvalue weighted by molar-refractivity contribution is -0.151. The van der Waals surface area contributed by atoms with Gasteiger partial charge in [0.1, 0.15) is 4.88 Å². The first kappa shape index (κ1) is 18.9. The van der Waals surface area contributed by atoms with E-state index in [1.54, 1.807) is 0 Å². The molecule has 5 nitrogen and oxygen atoms in total. The molecule has 1 aromatic heterocycles. The molecule has 0 amide bonds. The Morgan fingerprint density at radius 2 is 2.00 bits per heavy atom. The van der Waals surface area contributed by atoms with E-state index in [0.717, 1.165) is 30.7 Å². The number of aryl methyl sites for hydroxylation is 1. The number of carbonyl (C=O) groups excluding carboxylic acids is 2. The number of carbonyl (C=O) groups is 2. The molecule has 0 N–H and O–H groups in total. The van der Waals surface area contributed by atoms with E-state index >= 15 is 0 Å². The first-order chi connectivity index (χ1) is 11.6. The minimum absolute atomic E-state index is 0.459. The van der Waals surface area contributed by atoms with Crippen molar-refractivity contribution in [3.63, 3.8) is 0 Å². The smallest absolute Gasteiger partial charge is 0.351 e. The Labute approximate surface area is 147 Å². The molecular formula is C18H27NO4S. The molecule has 0 aromatic carbocycles.